The number of likely N-dealkylation sites (N-methyl/N-ethyl adjacent to an activating group) is 1. The number of halogens is 1. The summed E-state index contributed by atoms with van der Waals surface area (Å²) in [6, 6.07) is 3.49. The predicted octanol–water partition coefficient (Wildman–Crippen LogP) is 1.31. The van der Waals surface area contributed by atoms with E-state index in [1.54, 1.807) is 4.90 Å². The van der Waals surface area contributed by atoms with Crippen LogP contribution in [0.3, 0.4) is 0 Å². The van der Waals surface area contributed by atoms with Crippen molar-refractivity contribution < 1.29 is 14.3 Å². The maximum Gasteiger partial charge on any atom is 0.258 e. The van der Waals surface area contributed by atoms with E-state index in [0.717, 1.165) is 25.2 Å². The third-order valence-electron chi connectivity index (χ3n) is 3.28. The molecule has 1 aliphatic heterocycles. The molecule has 0 radical (unpaired) electrons. The first-order valence-electron chi connectivity index (χ1n) is 5.97. The molecule has 0 aliphatic carbocycles. The summed E-state index contributed by atoms with van der Waals surface area (Å²) in [6.45, 7) is 4.10. The van der Waals surface area contributed by atoms with Gasteiger partial charge in [-0.05, 0) is 32.2 Å². The molecule has 4 nitrogen and oxygen atoms in total. The van der Waals surface area contributed by atoms with Crippen LogP contribution in [0.2, 0.25) is 0 Å². The Balaban J connectivity index is 2.23. The van der Waals surface area contributed by atoms with Crippen LogP contribution in [0.1, 0.15) is 17.3 Å². The first-order chi connectivity index (χ1) is 8.49. The molecule has 1 heterocycles. The maximum atomic E-state index is 13.1. The van der Waals surface area contributed by atoms with Gasteiger partial charge < -0.3 is 14.9 Å². The Kier molecular flexibility index (Phi) is 3.52. The summed E-state index contributed by atoms with van der Waals surface area (Å²) in [6.07, 6.45) is 0. The van der Waals surface area contributed by atoms with Crippen LogP contribution in [0.4, 0.5) is 4.39 Å². The zero-order valence-electron chi connectivity index (χ0n) is 10.6. The number of rotatable bonds is 1. The molecule has 18 heavy (non-hydrogen) atoms. The lowest BCUT2D eigenvalue weighted by Gasteiger charge is -2.38. The molecule has 1 aliphatic rings. The SMILES string of the molecule is CC1CN(C)CCN1C(=O)c1cc(F)ccc1O. The Morgan fingerprint density at radius 1 is 1.44 bits per heavy atom. The van der Waals surface area contributed by atoms with Crippen LogP contribution >= 0.6 is 0 Å². The lowest BCUT2D eigenvalue weighted by Crippen LogP contribution is -2.52. The van der Waals surface area contributed by atoms with Crippen molar-refractivity contribution in [3.63, 3.8) is 0 Å². The van der Waals surface area contributed by atoms with Crippen molar-refractivity contribution in [3.05, 3.63) is 29.6 Å². The van der Waals surface area contributed by atoms with Gasteiger partial charge in [0.2, 0.25) is 0 Å². The molecule has 1 aromatic rings. The number of benzene rings is 1. The molecule has 1 N–H and O–H groups in total. The van der Waals surface area contributed by atoms with Crippen molar-refractivity contribution in [3.8, 4) is 5.75 Å². The number of piperazine rings is 1. The van der Waals surface area contributed by atoms with Gasteiger partial charge in [-0.25, -0.2) is 4.39 Å². The zero-order valence-corrected chi connectivity index (χ0v) is 10.6. The van der Waals surface area contributed by atoms with E-state index in [9.17, 15) is 14.3 Å². The molecule has 98 valence electrons. The fourth-order valence-electron chi connectivity index (χ4n) is 2.28. The monoisotopic (exact) mass is 252 g/mol. The first kappa shape index (κ1) is 12.8. The standard InChI is InChI=1S/C13H17FN2O2/c1-9-8-15(2)5-6-16(9)13(18)11-7-10(14)3-4-12(11)17/h3-4,7,9,17H,5-6,8H2,1-2H3. The van der Waals surface area contributed by atoms with E-state index in [2.05, 4.69) is 4.90 Å². The van der Waals surface area contributed by atoms with E-state index in [1.165, 1.54) is 6.07 Å². The second-order valence-electron chi connectivity index (χ2n) is 4.77. The van der Waals surface area contributed by atoms with Crippen LogP contribution in [-0.4, -0.2) is 53.5 Å². The van der Waals surface area contributed by atoms with Crippen molar-refractivity contribution >= 4 is 5.91 Å². The predicted molar refractivity (Wildman–Crippen MR) is 66.1 cm³/mol. The molecular formula is C13H17FN2O2. The highest BCUT2D eigenvalue weighted by Crippen LogP contribution is 2.22. The van der Waals surface area contributed by atoms with Gasteiger partial charge in [-0.3, -0.25) is 4.79 Å². The summed E-state index contributed by atoms with van der Waals surface area (Å²) in [5, 5.41) is 9.65. The van der Waals surface area contributed by atoms with Gasteiger partial charge in [0.1, 0.15) is 11.6 Å². The van der Waals surface area contributed by atoms with Gasteiger partial charge in [0.15, 0.2) is 0 Å². The second kappa shape index (κ2) is 4.94. The Labute approximate surface area is 106 Å². The van der Waals surface area contributed by atoms with Crippen LogP contribution < -0.4 is 0 Å². The fourth-order valence-corrected chi connectivity index (χ4v) is 2.28. The van der Waals surface area contributed by atoms with Crippen molar-refractivity contribution in [1.29, 1.82) is 0 Å². The van der Waals surface area contributed by atoms with Crippen LogP contribution in [0.25, 0.3) is 0 Å². The summed E-state index contributed by atoms with van der Waals surface area (Å²) in [5.41, 5.74) is 0.0337. The Morgan fingerprint density at radius 2 is 2.17 bits per heavy atom. The third kappa shape index (κ3) is 2.46. The largest absolute Gasteiger partial charge is 0.507 e. The van der Waals surface area contributed by atoms with Gasteiger partial charge in [0, 0.05) is 25.7 Å². The Bertz CT molecular complexity index is 464. The van der Waals surface area contributed by atoms with E-state index in [4.69, 9.17) is 0 Å². The van der Waals surface area contributed by atoms with Gasteiger partial charge in [-0.2, -0.15) is 0 Å². The number of hydrogen-bond acceptors (Lipinski definition) is 3. The molecule has 1 amide bonds. The van der Waals surface area contributed by atoms with Gasteiger partial charge in [-0.1, -0.05) is 0 Å². The van der Waals surface area contributed by atoms with E-state index in [-0.39, 0.29) is 23.3 Å². The average molecular weight is 252 g/mol. The van der Waals surface area contributed by atoms with E-state index in [1.807, 2.05) is 14.0 Å². The fraction of sp³-hybridized carbons (Fsp3) is 0.462. The smallest absolute Gasteiger partial charge is 0.258 e. The van der Waals surface area contributed by atoms with Crippen LogP contribution in [0.15, 0.2) is 18.2 Å². The molecule has 1 atom stereocenters. The van der Waals surface area contributed by atoms with Crippen LogP contribution in [0.5, 0.6) is 5.75 Å². The highest BCUT2D eigenvalue weighted by atomic mass is 19.1. The number of carbonyl (C=O) groups excluding carboxylic acids is 1. The first-order valence-corrected chi connectivity index (χ1v) is 5.97. The topological polar surface area (TPSA) is 43.8 Å². The molecule has 0 bridgehead atoms. The molecule has 1 aromatic carbocycles. The summed E-state index contributed by atoms with van der Waals surface area (Å²) in [5.74, 6) is -1.00. The molecule has 0 saturated carbocycles. The van der Waals surface area contributed by atoms with E-state index >= 15 is 0 Å². The minimum Gasteiger partial charge on any atom is -0.507 e. The zero-order chi connectivity index (χ0) is 13.3. The van der Waals surface area contributed by atoms with Crippen LogP contribution in [-0.2, 0) is 0 Å². The maximum absolute atomic E-state index is 13.1. The lowest BCUT2D eigenvalue weighted by molar-refractivity contribution is 0.0530. The highest BCUT2D eigenvalue weighted by Gasteiger charge is 2.28. The normalized spacial score (nSPS) is 21.1. The van der Waals surface area contributed by atoms with Crippen molar-refractivity contribution in [2.45, 2.75) is 13.0 Å². The molecule has 2 rings (SSSR count). The lowest BCUT2D eigenvalue weighted by atomic mass is 10.1. The highest BCUT2D eigenvalue weighted by molar-refractivity contribution is 5.97. The Morgan fingerprint density at radius 3 is 2.83 bits per heavy atom. The van der Waals surface area contributed by atoms with E-state index in [0.29, 0.717) is 6.54 Å². The van der Waals surface area contributed by atoms with Gasteiger partial charge in [0.05, 0.1) is 5.56 Å². The van der Waals surface area contributed by atoms with Crippen molar-refractivity contribution in [1.82, 2.24) is 9.80 Å². The molecule has 0 aromatic heterocycles. The minimum absolute atomic E-state index is 0.0337. The number of aromatic hydroxyl groups is 1. The van der Waals surface area contributed by atoms with Gasteiger partial charge >= 0.3 is 0 Å². The van der Waals surface area contributed by atoms with Crippen molar-refractivity contribution in [2.24, 2.45) is 0 Å². The summed E-state index contributed by atoms with van der Waals surface area (Å²) < 4.78 is 13.1. The van der Waals surface area contributed by atoms with Crippen molar-refractivity contribution in [2.75, 3.05) is 26.7 Å². The number of carbonyl (C=O) groups is 1. The molecule has 1 saturated heterocycles. The van der Waals surface area contributed by atoms with Gasteiger partial charge in [-0.15, -0.1) is 0 Å². The molecule has 1 unspecified atom stereocenters. The number of hydrogen-bond donors (Lipinski definition) is 1. The summed E-state index contributed by atoms with van der Waals surface area (Å²) in [4.78, 5) is 16.1. The van der Waals surface area contributed by atoms with Gasteiger partial charge in [0.25, 0.3) is 5.91 Å². The number of nitrogens with zero attached hydrogens (tertiary/aromatic N) is 2. The third-order valence-corrected chi connectivity index (χ3v) is 3.28. The second-order valence-corrected chi connectivity index (χ2v) is 4.77. The summed E-state index contributed by atoms with van der Waals surface area (Å²) in [7, 11) is 2.00. The summed E-state index contributed by atoms with van der Waals surface area (Å²) >= 11 is 0. The average Bonchev–Trinajstić information content (AvgIpc) is 2.31. The molecule has 5 heteroatoms. The quantitative estimate of drug-likeness (QED) is 0.819. The molecule has 0 spiro atoms. The number of phenolic OH excluding ortho intramolecular Hbond substituents is 1. The number of amides is 1. The Hall–Kier alpha value is -1.62. The number of phenols is 1. The molecule has 1 fully saturated rings. The van der Waals surface area contributed by atoms with E-state index < -0.39 is 5.82 Å². The van der Waals surface area contributed by atoms with Crippen LogP contribution in [0, 0.1) is 5.82 Å². The minimum atomic E-state index is -0.516. The molecular weight excluding hydrogens is 235 g/mol.